The summed E-state index contributed by atoms with van der Waals surface area (Å²) in [6.45, 7) is 0.466. The highest BCUT2D eigenvalue weighted by Crippen LogP contribution is 2.11. The van der Waals surface area contributed by atoms with Crippen LogP contribution in [0.1, 0.15) is 6.92 Å². The van der Waals surface area contributed by atoms with Gasteiger partial charge in [0.1, 0.15) is 6.04 Å². The summed E-state index contributed by atoms with van der Waals surface area (Å²) in [7, 11) is -3.75. The van der Waals surface area contributed by atoms with Crippen molar-refractivity contribution in [3.63, 3.8) is 0 Å². The van der Waals surface area contributed by atoms with Gasteiger partial charge in [0, 0.05) is 0 Å². The number of imide groups is 1. The topological polar surface area (TPSA) is 104 Å². The van der Waals surface area contributed by atoms with Crippen molar-refractivity contribution in [1.82, 2.24) is 9.62 Å². The number of rotatable bonds is 3. The van der Waals surface area contributed by atoms with Crippen molar-refractivity contribution in [2.45, 2.75) is 13.0 Å². The first-order valence-corrected chi connectivity index (χ1v) is 5.93. The Hall–Kier alpha value is -0.990. The van der Waals surface area contributed by atoms with E-state index in [9.17, 15) is 18.0 Å². The van der Waals surface area contributed by atoms with Gasteiger partial charge in [0.25, 0.3) is 0 Å². The minimum absolute atomic E-state index is 0.380. The number of amides is 2. The van der Waals surface area contributed by atoms with E-state index >= 15 is 0 Å². The van der Waals surface area contributed by atoms with Crippen molar-refractivity contribution in [1.29, 1.82) is 0 Å². The Bertz CT molecular complexity index is 377. The quantitative estimate of drug-likeness (QED) is 0.534. The van der Waals surface area contributed by atoms with Crippen LogP contribution in [0.4, 0.5) is 0 Å². The lowest BCUT2D eigenvalue weighted by Gasteiger charge is -2.30. The maximum Gasteiger partial charge on any atom is 0.244 e. The van der Waals surface area contributed by atoms with Crippen molar-refractivity contribution in [2.24, 2.45) is 0 Å². The van der Waals surface area contributed by atoms with Crippen LogP contribution >= 0.6 is 0 Å². The van der Waals surface area contributed by atoms with Crippen molar-refractivity contribution in [2.75, 3.05) is 18.9 Å². The van der Waals surface area contributed by atoms with E-state index < -0.39 is 40.2 Å². The molecule has 2 amide bonds. The van der Waals surface area contributed by atoms with Gasteiger partial charge in [0.05, 0.1) is 18.9 Å². The third-order valence-electron chi connectivity index (χ3n) is 2.08. The number of nitrogens with one attached hydrogen (secondary N) is 1. The number of sulfonamides is 1. The Morgan fingerprint density at radius 3 is 2.67 bits per heavy atom. The fraction of sp³-hybridized carbons (Fsp3) is 0.714. The Labute approximate surface area is 87.1 Å². The van der Waals surface area contributed by atoms with Crippen LogP contribution in [0.15, 0.2) is 0 Å². The van der Waals surface area contributed by atoms with Crippen molar-refractivity contribution < 1.29 is 23.1 Å². The molecule has 0 aromatic rings. The van der Waals surface area contributed by atoms with Crippen LogP contribution in [-0.4, -0.2) is 54.6 Å². The van der Waals surface area contributed by atoms with Gasteiger partial charge in [-0.2, -0.15) is 4.31 Å². The summed E-state index contributed by atoms with van der Waals surface area (Å²) in [6, 6.07) is -0.917. The molecule has 0 bridgehead atoms. The molecule has 0 aliphatic carbocycles. The van der Waals surface area contributed by atoms with Crippen molar-refractivity contribution in [3.8, 4) is 0 Å². The summed E-state index contributed by atoms with van der Waals surface area (Å²) in [6.07, 6.45) is 0. The van der Waals surface area contributed by atoms with Crippen LogP contribution in [0, 0.1) is 0 Å². The molecule has 1 fully saturated rings. The first-order valence-electron chi connectivity index (χ1n) is 4.32. The van der Waals surface area contributed by atoms with E-state index in [4.69, 9.17) is 5.11 Å². The molecule has 1 aliphatic rings. The Morgan fingerprint density at radius 1 is 1.53 bits per heavy atom. The first-order chi connectivity index (χ1) is 6.88. The molecule has 0 aromatic carbocycles. The van der Waals surface area contributed by atoms with Gasteiger partial charge < -0.3 is 5.11 Å². The maximum atomic E-state index is 11.5. The number of carbonyl (C=O) groups excluding carboxylic acids is 2. The highest BCUT2D eigenvalue weighted by atomic mass is 32.2. The highest BCUT2D eigenvalue weighted by molar-refractivity contribution is 7.89. The summed E-state index contributed by atoms with van der Waals surface area (Å²) in [5, 5.41) is 10.6. The standard InChI is InChI=1S/C7H12N2O5S/c1-5-7(12)8-6(11)4-9(5)15(13,14)3-2-10/h5,10H,2-4H2,1H3,(H,8,11,12). The largest absolute Gasteiger partial charge is 0.395 e. The lowest BCUT2D eigenvalue weighted by molar-refractivity contribution is -0.136. The van der Waals surface area contributed by atoms with Gasteiger partial charge >= 0.3 is 0 Å². The second-order valence-electron chi connectivity index (χ2n) is 3.17. The highest BCUT2D eigenvalue weighted by Gasteiger charge is 2.37. The molecule has 0 saturated carbocycles. The molecule has 86 valence electrons. The SMILES string of the molecule is CC1C(=O)NC(=O)CN1S(=O)(=O)CCO. The molecule has 1 atom stereocenters. The van der Waals surface area contributed by atoms with Crippen LogP contribution in [0.3, 0.4) is 0 Å². The normalized spacial score (nSPS) is 24.0. The Morgan fingerprint density at radius 2 is 2.13 bits per heavy atom. The van der Waals surface area contributed by atoms with Crippen molar-refractivity contribution in [3.05, 3.63) is 0 Å². The fourth-order valence-corrected chi connectivity index (χ4v) is 2.62. The zero-order valence-electron chi connectivity index (χ0n) is 8.13. The monoisotopic (exact) mass is 236 g/mol. The van der Waals surface area contributed by atoms with E-state index in [1.807, 2.05) is 5.32 Å². The molecule has 1 unspecified atom stereocenters. The molecule has 1 saturated heterocycles. The number of aliphatic hydroxyl groups is 1. The van der Waals surface area contributed by atoms with Gasteiger partial charge in [-0.3, -0.25) is 14.9 Å². The van der Waals surface area contributed by atoms with Crippen molar-refractivity contribution >= 4 is 21.8 Å². The molecule has 7 nitrogen and oxygen atoms in total. The van der Waals surface area contributed by atoms with Crippen LogP contribution in [-0.2, 0) is 19.6 Å². The molecule has 2 N–H and O–H groups in total. The second-order valence-corrected chi connectivity index (χ2v) is 5.21. The minimum atomic E-state index is -3.75. The molecule has 0 radical (unpaired) electrons. The van der Waals surface area contributed by atoms with E-state index in [2.05, 4.69) is 0 Å². The molecule has 1 rings (SSSR count). The zero-order valence-corrected chi connectivity index (χ0v) is 8.95. The van der Waals surface area contributed by atoms with Gasteiger partial charge in [-0.15, -0.1) is 0 Å². The number of piperazine rings is 1. The van der Waals surface area contributed by atoms with Crippen LogP contribution < -0.4 is 5.32 Å². The van der Waals surface area contributed by atoms with Gasteiger partial charge in [0.2, 0.25) is 21.8 Å². The van der Waals surface area contributed by atoms with Crippen LogP contribution in [0.5, 0.6) is 0 Å². The van der Waals surface area contributed by atoms with E-state index in [0.29, 0.717) is 0 Å². The number of hydrogen-bond acceptors (Lipinski definition) is 5. The average Bonchev–Trinajstić information content (AvgIpc) is 2.11. The van der Waals surface area contributed by atoms with Gasteiger partial charge in [-0.1, -0.05) is 0 Å². The number of nitrogens with zero attached hydrogens (tertiary/aromatic N) is 1. The number of aliphatic hydroxyl groups excluding tert-OH is 1. The smallest absolute Gasteiger partial charge is 0.244 e. The summed E-state index contributed by atoms with van der Waals surface area (Å²) in [5.41, 5.74) is 0. The summed E-state index contributed by atoms with van der Waals surface area (Å²) >= 11 is 0. The molecular formula is C7H12N2O5S. The van der Waals surface area contributed by atoms with Gasteiger partial charge in [-0.05, 0) is 6.92 Å². The average molecular weight is 236 g/mol. The summed E-state index contributed by atoms with van der Waals surface area (Å²) in [4.78, 5) is 22.1. The number of carbonyl (C=O) groups is 2. The van der Waals surface area contributed by atoms with Crippen LogP contribution in [0.2, 0.25) is 0 Å². The molecule has 1 aliphatic heterocycles. The maximum absolute atomic E-state index is 11.5. The zero-order chi connectivity index (χ0) is 11.6. The third kappa shape index (κ3) is 2.52. The molecule has 0 aromatic heterocycles. The first kappa shape index (κ1) is 12.1. The van der Waals surface area contributed by atoms with Gasteiger partial charge in [-0.25, -0.2) is 8.42 Å². The lowest BCUT2D eigenvalue weighted by atomic mass is 10.2. The molecule has 15 heavy (non-hydrogen) atoms. The predicted octanol–water partition coefficient (Wildman–Crippen LogP) is -2.34. The Kier molecular flexibility index (Phi) is 3.42. The number of hydrogen-bond donors (Lipinski definition) is 2. The predicted molar refractivity (Wildman–Crippen MR) is 50.2 cm³/mol. The van der Waals surface area contributed by atoms with Gasteiger partial charge in [0.15, 0.2) is 0 Å². The third-order valence-corrected chi connectivity index (χ3v) is 3.94. The Balaban J connectivity index is 2.93. The molecular weight excluding hydrogens is 224 g/mol. The van der Waals surface area contributed by atoms with Crippen LogP contribution in [0.25, 0.3) is 0 Å². The van der Waals surface area contributed by atoms with E-state index in [-0.39, 0.29) is 6.54 Å². The summed E-state index contributed by atoms with van der Waals surface area (Å²) in [5.74, 6) is -1.79. The van der Waals surface area contributed by atoms with E-state index in [0.717, 1.165) is 4.31 Å². The van der Waals surface area contributed by atoms with E-state index in [1.54, 1.807) is 0 Å². The summed E-state index contributed by atoms with van der Waals surface area (Å²) < 4.78 is 23.8. The molecule has 1 heterocycles. The second kappa shape index (κ2) is 4.25. The minimum Gasteiger partial charge on any atom is -0.395 e. The fourth-order valence-electron chi connectivity index (χ4n) is 1.26. The lowest BCUT2D eigenvalue weighted by Crippen LogP contribution is -2.59. The molecule has 0 spiro atoms. The molecule has 8 heteroatoms. The van der Waals surface area contributed by atoms with E-state index in [1.165, 1.54) is 6.92 Å².